The maximum atomic E-state index is 11.1. The first-order valence-corrected chi connectivity index (χ1v) is 5.55. The summed E-state index contributed by atoms with van der Waals surface area (Å²) in [7, 11) is -0.648. The van der Waals surface area contributed by atoms with Crippen LogP contribution in [-0.4, -0.2) is 20.7 Å². The molecule has 2 nitrogen and oxygen atoms in total. The number of rotatable bonds is 4. The van der Waals surface area contributed by atoms with Crippen LogP contribution in [0.15, 0.2) is 24.5 Å². The zero-order valence-corrected chi connectivity index (χ0v) is 8.01. The van der Waals surface area contributed by atoms with Crippen LogP contribution in [0.2, 0.25) is 0 Å². The second kappa shape index (κ2) is 5.04. The van der Waals surface area contributed by atoms with Crippen LogP contribution in [0, 0.1) is 0 Å². The quantitative estimate of drug-likeness (QED) is 0.706. The molecule has 0 spiro atoms. The van der Waals surface area contributed by atoms with Gasteiger partial charge in [-0.1, -0.05) is 6.92 Å². The van der Waals surface area contributed by atoms with Gasteiger partial charge in [0.15, 0.2) is 0 Å². The largest absolute Gasteiger partial charge is 0.265 e. The monoisotopic (exact) mass is 183 g/mol. The van der Waals surface area contributed by atoms with Crippen molar-refractivity contribution in [1.82, 2.24) is 4.98 Å². The molecule has 0 fully saturated rings. The normalized spacial score (nSPS) is 12.8. The van der Waals surface area contributed by atoms with E-state index in [2.05, 4.69) is 4.98 Å². The molecule has 12 heavy (non-hydrogen) atoms. The fraction of sp³-hybridized carbons (Fsp3) is 0.444. The van der Waals surface area contributed by atoms with Gasteiger partial charge in [-0.15, -0.1) is 0 Å². The van der Waals surface area contributed by atoms with E-state index in [4.69, 9.17) is 0 Å². The van der Waals surface area contributed by atoms with Gasteiger partial charge in [0.1, 0.15) is 0 Å². The Kier molecular flexibility index (Phi) is 3.94. The van der Waals surface area contributed by atoms with Gasteiger partial charge >= 0.3 is 0 Å². The molecule has 1 aromatic rings. The van der Waals surface area contributed by atoms with Crippen molar-refractivity contribution >= 4 is 10.8 Å². The molecule has 1 heterocycles. The van der Waals surface area contributed by atoms with Crippen molar-refractivity contribution in [2.75, 3.05) is 11.5 Å². The molecular formula is C9H13NOS. The molecule has 0 N–H and O–H groups in total. The van der Waals surface area contributed by atoms with Crippen molar-refractivity contribution in [1.29, 1.82) is 0 Å². The number of nitrogens with zero attached hydrogens (tertiary/aromatic N) is 1. The number of pyridine rings is 1. The molecule has 0 amide bonds. The molecule has 0 saturated heterocycles. The van der Waals surface area contributed by atoms with E-state index in [0.717, 1.165) is 17.9 Å². The van der Waals surface area contributed by atoms with Crippen molar-refractivity contribution in [2.45, 2.75) is 13.3 Å². The molecule has 1 aromatic heterocycles. The first-order valence-electron chi connectivity index (χ1n) is 4.07. The van der Waals surface area contributed by atoms with Crippen molar-refractivity contribution in [3.8, 4) is 0 Å². The van der Waals surface area contributed by atoms with Crippen LogP contribution in [-0.2, 0) is 17.2 Å². The van der Waals surface area contributed by atoms with E-state index in [0.29, 0.717) is 0 Å². The van der Waals surface area contributed by atoms with E-state index >= 15 is 0 Å². The minimum Gasteiger partial charge on any atom is -0.265 e. The lowest BCUT2D eigenvalue weighted by Gasteiger charge is -1.98. The summed E-state index contributed by atoms with van der Waals surface area (Å²) >= 11 is 0. The van der Waals surface area contributed by atoms with Gasteiger partial charge in [0.05, 0.1) is 0 Å². The fourth-order valence-electron chi connectivity index (χ4n) is 0.925. The Morgan fingerprint density at radius 3 is 2.67 bits per heavy atom. The topological polar surface area (TPSA) is 30.0 Å². The minimum absolute atomic E-state index is 0.648. The second-order valence-corrected chi connectivity index (χ2v) is 4.40. The van der Waals surface area contributed by atoms with Gasteiger partial charge in [-0.25, -0.2) is 0 Å². The molecule has 0 aromatic carbocycles. The predicted octanol–water partition coefficient (Wildman–Crippen LogP) is 1.39. The average Bonchev–Trinajstić information content (AvgIpc) is 2.16. The summed E-state index contributed by atoms with van der Waals surface area (Å²) in [6.45, 7) is 1.95. The lowest BCUT2D eigenvalue weighted by atomic mass is 10.2. The van der Waals surface area contributed by atoms with E-state index in [-0.39, 0.29) is 0 Å². The smallest absolute Gasteiger partial charge is 0.0275 e. The summed E-state index contributed by atoms with van der Waals surface area (Å²) in [4.78, 5) is 3.92. The number of hydrogen-bond donors (Lipinski definition) is 0. The zero-order chi connectivity index (χ0) is 8.81. The van der Waals surface area contributed by atoms with E-state index in [1.807, 2.05) is 19.1 Å². The van der Waals surface area contributed by atoms with E-state index in [9.17, 15) is 4.21 Å². The van der Waals surface area contributed by atoms with Gasteiger partial charge in [-0.05, 0) is 24.1 Å². The molecule has 0 saturated carbocycles. The van der Waals surface area contributed by atoms with Crippen molar-refractivity contribution in [3.05, 3.63) is 30.1 Å². The highest BCUT2D eigenvalue weighted by Gasteiger charge is 1.96. The number of hydrogen-bond acceptors (Lipinski definition) is 2. The number of aromatic nitrogens is 1. The summed E-state index contributed by atoms with van der Waals surface area (Å²) in [5.41, 5.74) is 1.21. The first kappa shape index (κ1) is 9.39. The van der Waals surface area contributed by atoms with Crippen LogP contribution in [0.4, 0.5) is 0 Å². The SMILES string of the molecule is CCS(=O)CCc1ccncc1. The summed E-state index contributed by atoms with van der Waals surface area (Å²) in [6.07, 6.45) is 4.43. The average molecular weight is 183 g/mol. The maximum Gasteiger partial charge on any atom is 0.0275 e. The maximum absolute atomic E-state index is 11.1. The van der Waals surface area contributed by atoms with Crippen LogP contribution >= 0.6 is 0 Å². The van der Waals surface area contributed by atoms with Gasteiger partial charge in [0.25, 0.3) is 0 Å². The third-order valence-electron chi connectivity index (χ3n) is 1.69. The molecule has 3 heteroatoms. The molecule has 66 valence electrons. The van der Waals surface area contributed by atoms with Crippen LogP contribution in [0.3, 0.4) is 0 Å². The third kappa shape index (κ3) is 3.13. The molecule has 0 aliphatic heterocycles. The van der Waals surface area contributed by atoms with Crippen LogP contribution in [0.5, 0.6) is 0 Å². The van der Waals surface area contributed by atoms with E-state index in [1.54, 1.807) is 12.4 Å². The molecule has 1 atom stereocenters. The molecule has 0 bridgehead atoms. The Labute approximate surface area is 75.5 Å². The standard InChI is InChI=1S/C9H13NOS/c1-2-12(11)8-5-9-3-6-10-7-4-9/h3-4,6-7H,2,5,8H2,1H3. The summed E-state index contributed by atoms with van der Waals surface area (Å²) in [5.74, 6) is 1.52. The van der Waals surface area contributed by atoms with Gasteiger partial charge < -0.3 is 0 Å². The minimum atomic E-state index is -0.648. The van der Waals surface area contributed by atoms with Gasteiger partial charge in [-0.3, -0.25) is 9.19 Å². The van der Waals surface area contributed by atoms with Gasteiger partial charge in [0, 0.05) is 34.7 Å². The Morgan fingerprint density at radius 2 is 2.08 bits per heavy atom. The van der Waals surface area contributed by atoms with E-state index in [1.165, 1.54) is 5.56 Å². The van der Waals surface area contributed by atoms with Crippen LogP contribution in [0.25, 0.3) is 0 Å². The zero-order valence-electron chi connectivity index (χ0n) is 7.19. The van der Waals surface area contributed by atoms with Crippen molar-refractivity contribution in [2.24, 2.45) is 0 Å². The highest BCUT2D eigenvalue weighted by Crippen LogP contribution is 1.98. The second-order valence-electron chi connectivity index (χ2n) is 2.54. The highest BCUT2D eigenvalue weighted by atomic mass is 32.2. The van der Waals surface area contributed by atoms with E-state index < -0.39 is 10.8 Å². The third-order valence-corrected chi connectivity index (χ3v) is 2.99. The van der Waals surface area contributed by atoms with Gasteiger partial charge in [0.2, 0.25) is 0 Å². The molecular weight excluding hydrogens is 170 g/mol. The Hall–Kier alpha value is -0.700. The molecule has 0 radical (unpaired) electrons. The molecule has 1 rings (SSSR count). The lowest BCUT2D eigenvalue weighted by molar-refractivity contribution is 0.683. The first-order chi connectivity index (χ1) is 5.83. The van der Waals surface area contributed by atoms with Gasteiger partial charge in [-0.2, -0.15) is 0 Å². The summed E-state index contributed by atoms with van der Waals surface area (Å²) in [6, 6.07) is 3.93. The Bertz CT molecular complexity index is 248. The van der Waals surface area contributed by atoms with Crippen molar-refractivity contribution in [3.63, 3.8) is 0 Å². The van der Waals surface area contributed by atoms with Crippen LogP contribution in [0.1, 0.15) is 12.5 Å². The van der Waals surface area contributed by atoms with Crippen molar-refractivity contribution < 1.29 is 4.21 Å². The summed E-state index contributed by atoms with van der Waals surface area (Å²) < 4.78 is 11.1. The molecule has 0 aliphatic carbocycles. The number of aryl methyl sites for hydroxylation is 1. The molecule has 1 unspecified atom stereocenters. The van der Waals surface area contributed by atoms with Crippen LogP contribution < -0.4 is 0 Å². The Balaban J connectivity index is 2.38. The lowest BCUT2D eigenvalue weighted by Crippen LogP contribution is -2.02. The summed E-state index contributed by atoms with van der Waals surface area (Å²) in [5, 5.41) is 0. The highest BCUT2D eigenvalue weighted by molar-refractivity contribution is 7.84. The Morgan fingerprint density at radius 1 is 1.42 bits per heavy atom. The molecule has 0 aliphatic rings. The predicted molar refractivity (Wildman–Crippen MR) is 51.5 cm³/mol. The fourth-order valence-corrected chi connectivity index (χ4v) is 1.68.